The average Bonchev–Trinajstić information content (AvgIpc) is 2.17. The second-order valence-corrected chi connectivity index (χ2v) is 3.11. The SMILES string of the molecule is Nc1cc(F)cc2c(O)c(F)c(F)cc12. The van der Waals surface area contributed by atoms with Crippen molar-refractivity contribution >= 4 is 16.5 Å². The predicted octanol–water partition coefficient (Wildman–Crippen LogP) is 2.54. The molecule has 0 spiro atoms. The molecular weight excluding hydrogens is 207 g/mol. The highest BCUT2D eigenvalue weighted by molar-refractivity contribution is 5.96. The Morgan fingerprint density at radius 1 is 1.00 bits per heavy atom. The van der Waals surface area contributed by atoms with Gasteiger partial charge in [0.15, 0.2) is 11.6 Å². The fourth-order valence-electron chi connectivity index (χ4n) is 1.42. The first kappa shape index (κ1) is 9.64. The molecular formula is C10H6F3NO. The number of nitrogen functional groups attached to an aromatic ring is 1. The van der Waals surface area contributed by atoms with Gasteiger partial charge in [-0.25, -0.2) is 8.78 Å². The molecule has 15 heavy (non-hydrogen) atoms. The van der Waals surface area contributed by atoms with Gasteiger partial charge in [-0.1, -0.05) is 0 Å². The van der Waals surface area contributed by atoms with E-state index in [9.17, 15) is 18.3 Å². The average molecular weight is 213 g/mol. The molecule has 2 nitrogen and oxygen atoms in total. The van der Waals surface area contributed by atoms with Crippen LogP contribution in [0.15, 0.2) is 18.2 Å². The van der Waals surface area contributed by atoms with Crippen LogP contribution >= 0.6 is 0 Å². The Balaban J connectivity index is 2.98. The van der Waals surface area contributed by atoms with E-state index in [0.29, 0.717) is 0 Å². The lowest BCUT2D eigenvalue weighted by molar-refractivity contribution is 0.413. The number of aromatic hydroxyl groups is 1. The van der Waals surface area contributed by atoms with Gasteiger partial charge in [-0.05, 0) is 18.2 Å². The van der Waals surface area contributed by atoms with Crippen molar-refractivity contribution in [3.63, 3.8) is 0 Å². The number of hydrogen-bond acceptors (Lipinski definition) is 2. The number of benzene rings is 2. The number of phenolic OH excluding ortho intramolecular Hbond substituents is 1. The Hall–Kier alpha value is -1.91. The fraction of sp³-hybridized carbons (Fsp3) is 0. The molecule has 5 heteroatoms. The van der Waals surface area contributed by atoms with Crippen molar-refractivity contribution in [2.75, 3.05) is 5.73 Å². The topological polar surface area (TPSA) is 46.2 Å². The molecule has 0 radical (unpaired) electrons. The zero-order valence-corrected chi connectivity index (χ0v) is 7.39. The molecule has 0 heterocycles. The maximum Gasteiger partial charge on any atom is 0.201 e. The molecule has 0 unspecified atom stereocenters. The highest BCUT2D eigenvalue weighted by atomic mass is 19.2. The zero-order valence-electron chi connectivity index (χ0n) is 7.39. The van der Waals surface area contributed by atoms with Crippen LogP contribution in [0, 0.1) is 17.5 Å². The largest absolute Gasteiger partial charge is 0.504 e. The van der Waals surface area contributed by atoms with Gasteiger partial charge in [-0.3, -0.25) is 0 Å². The van der Waals surface area contributed by atoms with Gasteiger partial charge in [0.2, 0.25) is 5.82 Å². The summed E-state index contributed by atoms with van der Waals surface area (Å²) < 4.78 is 38.7. The number of rotatable bonds is 0. The number of fused-ring (bicyclic) bond motifs is 1. The van der Waals surface area contributed by atoms with Crippen LogP contribution < -0.4 is 5.73 Å². The molecule has 0 aliphatic heterocycles. The van der Waals surface area contributed by atoms with Crippen molar-refractivity contribution < 1.29 is 18.3 Å². The van der Waals surface area contributed by atoms with Crippen molar-refractivity contribution in [2.24, 2.45) is 0 Å². The first-order valence-corrected chi connectivity index (χ1v) is 4.06. The van der Waals surface area contributed by atoms with E-state index in [2.05, 4.69) is 0 Å². The lowest BCUT2D eigenvalue weighted by Gasteiger charge is -2.06. The van der Waals surface area contributed by atoms with Crippen molar-refractivity contribution in [1.82, 2.24) is 0 Å². The third-order valence-corrected chi connectivity index (χ3v) is 2.12. The Morgan fingerprint density at radius 3 is 2.33 bits per heavy atom. The smallest absolute Gasteiger partial charge is 0.201 e. The number of nitrogens with two attached hydrogens (primary N) is 1. The Labute approximate surface area is 82.7 Å². The van der Waals surface area contributed by atoms with Gasteiger partial charge in [0, 0.05) is 16.5 Å². The van der Waals surface area contributed by atoms with E-state index < -0.39 is 23.2 Å². The number of phenols is 1. The van der Waals surface area contributed by atoms with Crippen molar-refractivity contribution in [2.45, 2.75) is 0 Å². The highest BCUT2D eigenvalue weighted by Gasteiger charge is 2.14. The normalized spacial score (nSPS) is 10.9. The van der Waals surface area contributed by atoms with Crippen molar-refractivity contribution in [3.8, 4) is 5.75 Å². The monoisotopic (exact) mass is 213 g/mol. The molecule has 0 amide bonds. The van der Waals surface area contributed by atoms with Gasteiger partial charge in [0.1, 0.15) is 5.82 Å². The summed E-state index contributed by atoms with van der Waals surface area (Å²) >= 11 is 0. The summed E-state index contributed by atoms with van der Waals surface area (Å²) in [7, 11) is 0. The van der Waals surface area contributed by atoms with Gasteiger partial charge in [-0.15, -0.1) is 0 Å². The van der Waals surface area contributed by atoms with E-state index in [1.54, 1.807) is 0 Å². The van der Waals surface area contributed by atoms with Gasteiger partial charge >= 0.3 is 0 Å². The van der Waals surface area contributed by atoms with Gasteiger partial charge in [0.05, 0.1) is 0 Å². The van der Waals surface area contributed by atoms with Crippen LogP contribution in [0.3, 0.4) is 0 Å². The summed E-state index contributed by atoms with van der Waals surface area (Å²) in [5.41, 5.74) is 5.35. The van der Waals surface area contributed by atoms with E-state index in [1.165, 1.54) is 0 Å². The molecule has 0 saturated heterocycles. The molecule has 78 valence electrons. The van der Waals surface area contributed by atoms with E-state index >= 15 is 0 Å². The molecule has 2 aromatic carbocycles. The third kappa shape index (κ3) is 1.36. The summed E-state index contributed by atoms with van der Waals surface area (Å²) in [6.45, 7) is 0. The van der Waals surface area contributed by atoms with Gasteiger partial charge < -0.3 is 10.8 Å². The van der Waals surface area contributed by atoms with Crippen LogP contribution in [0.1, 0.15) is 0 Å². The molecule has 0 aliphatic rings. The first-order chi connectivity index (χ1) is 7.00. The molecule has 0 saturated carbocycles. The molecule has 0 bridgehead atoms. The maximum absolute atomic E-state index is 12.9. The van der Waals surface area contributed by atoms with Crippen molar-refractivity contribution in [3.05, 3.63) is 35.7 Å². The van der Waals surface area contributed by atoms with Crippen LogP contribution in [-0.2, 0) is 0 Å². The van der Waals surface area contributed by atoms with E-state index in [0.717, 1.165) is 18.2 Å². The van der Waals surface area contributed by atoms with Crippen LogP contribution in [0.4, 0.5) is 18.9 Å². The minimum absolute atomic E-state index is 0.0563. The summed E-state index contributed by atoms with van der Waals surface area (Å²) in [6.07, 6.45) is 0. The maximum atomic E-state index is 12.9. The Kier molecular flexibility index (Phi) is 1.96. The number of anilines is 1. The molecule has 2 aromatic rings. The number of hydrogen-bond donors (Lipinski definition) is 2. The van der Waals surface area contributed by atoms with Crippen LogP contribution in [-0.4, -0.2) is 5.11 Å². The second-order valence-electron chi connectivity index (χ2n) is 3.11. The quantitative estimate of drug-likeness (QED) is 0.660. The van der Waals surface area contributed by atoms with E-state index in [1.807, 2.05) is 0 Å². The zero-order chi connectivity index (χ0) is 11.2. The van der Waals surface area contributed by atoms with Crippen LogP contribution in [0.2, 0.25) is 0 Å². The second kappa shape index (κ2) is 3.05. The Bertz CT molecular complexity index is 554. The van der Waals surface area contributed by atoms with E-state index in [4.69, 9.17) is 5.73 Å². The molecule has 0 aliphatic carbocycles. The fourth-order valence-corrected chi connectivity index (χ4v) is 1.42. The minimum atomic E-state index is -1.41. The number of halogens is 3. The summed E-state index contributed by atoms with van der Waals surface area (Å²) in [4.78, 5) is 0. The third-order valence-electron chi connectivity index (χ3n) is 2.12. The van der Waals surface area contributed by atoms with Crippen LogP contribution in [0.25, 0.3) is 10.8 Å². The standard InChI is InChI=1S/C10H6F3NO/c11-4-1-6-5(8(14)2-4)3-7(12)9(13)10(6)15/h1-3,15H,14H2. The van der Waals surface area contributed by atoms with Gasteiger partial charge in [0.25, 0.3) is 0 Å². The van der Waals surface area contributed by atoms with Crippen molar-refractivity contribution in [1.29, 1.82) is 0 Å². The minimum Gasteiger partial charge on any atom is -0.504 e. The molecule has 0 atom stereocenters. The first-order valence-electron chi connectivity index (χ1n) is 4.06. The summed E-state index contributed by atoms with van der Waals surface area (Å²) in [6, 6.07) is 2.68. The van der Waals surface area contributed by atoms with E-state index in [-0.39, 0.29) is 16.5 Å². The molecule has 0 aromatic heterocycles. The molecule has 0 fully saturated rings. The lowest BCUT2D eigenvalue weighted by Crippen LogP contribution is -1.93. The predicted molar refractivity (Wildman–Crippen MR) is 49.9 cm³/mol. The molecule has 2 rings (SSSR count). The summed E-state index contributed by atoms with van der Waals surface area (Å²) in [5.74, 6) is -4.29. The molecule has 3 N–H and O–H groups in total. The van der Waals surface area contributed by atoms with Crippen LogP contribution in [0.5, 0.6) is 5.75 Å². The summed E-state index contributed by atoms with van der Waals surface area (Å²) in [5, 5.41) is 9.18. The Morgan fingerprint density at radius 2 is 1.67 bits per heavy atom. The lowest BCUT2D eigenvalue weighted by atomic mass is 10.1. The highest BCUT2D eigenvalue weighted by Crippen LogP contribution is 2.33. The van der Waals surface area contributed by atoms with Gasteiger partial charge in [-0.2, -0.15) is 4.39 Å².